The van der Waals surface area contributed by atoms with Crippen molar-refractivity contribution in [1.29, 1.82) is 0 Å². The maximum atomic E-state index is 15.7. The SMILES string of the molecule is Cc1cc(NC(=O)c2ccc(F)c(C(F)(F)C(=O)N3C4COCC3CN(C(=O)N3CCS(=O)(=O)CC3)C4)c2)ccc1F. The van der Waals surface area contributed by atoms with Crippen molar-refractivity contribution >= 4 is 33.4 Å². The van der Waals surface area contributed by atoms with Crippen molar-refractivity contribution in [3.8, 4) is 0 Å². The standard InChI is InChI=1S/C27H28F4N4O6S/c1-16-10-18(3-5-22(16)28)32-24(36)17-2-4-23(29)21(11-17)27(30,31)25(37)35-19-12-34(13-20(35)15-41-14-19)26(38)33-6-8-42(39,40)9-7-33/h2-5,10-11,19-20H,6-9,12-15H2,1H3,(H,32,36). The number of hydrogen-bond donors (Lipinski definition) is 1. The highest BCUT2D eigenvalue weighted by molar-refractivity contribution is 7.91. The third-order valence-electron chi connectivity index (χ3n) is 7.64. The zero-order valence-electron chi connectivity index (χ0n) is 22.5. The lowest BCUT2D eigenvalue weighted by atomic mass is 9.98. The van der Waals surface area contributed by atoms with Gasteiger partial charge in [-0.15, -0.1) is 0 Å². The number of benzene rings is 2. The number of nitrogens with one attached hydrogen (secondary N) is 1. The van der Waals surface area contributed by atoms with E-state index in [0.29, 0.717) is 12.1 Å². The zero-order valence-corrected chi connectivity index (χ0v) is 23.3. The van der Waals surface area contributed by atoms with Gasteiger partial charge in [0.25, 0.3) is 11.8 Å². The molecule has 3 heterocycles. The Kier molecular flexibility index (Phi) is 7.91. The number of piperazine rings is 1. The number of carbonyl (C=O) groups is 3. The Bertz CT molecular complexity index is 1510. The largest absolute Gasteiger partial charge is 0.377 e. The van der Waals surface area contributed by atoms with Crippen LogP contribution < -0.4 is 5.32 Å². The Hall–Kier alpha value is -3.72. The number of carbonyl (C=O) groups excluding carboxylic acids is 3. The molecule has 2 aromatic carbocycles. The predicted molar refractivity (Wildman–Crippen MR) is 142 cm³/mol. The topological polar surface area (TPSA) is 116 Å². The van der Waals surface area contributed by atoms with E-state index >= 15 is 8.78 Å². The molecule has 0 aliphatic carbocycles. The van der Waals surface area contributed by atoms with Gasteiger partial charge in [0.2, 0.25) is 0 Å². The lowest BCUT2D eigenvalue weighted by molar-refractivity contribution is -0.180. The van der Waals surface area contributed by atoms with Gasteiger partial charge in [-0.1, -0.05) is 0 Å². The van der Waals surface area contributed by atoms with E-state index in [1.165, 1.54) is 28.9 Å². The van der Waals surface area contributed by atoms with Gasteiger partial charge in [0.15, 0.2) is 9.84 Å². The first-order valence-corrected chi connectivity index (χ1v) is 15.0. The number of rotatable bonds is 4. The van der Waals surface area contributed by atoms with Gasteiger partial charge in [-0.05, 0) is 48.9 Å². The highest BCUT2D eigenvalue weighted by Crippen LogP contribution is 2.36. The molecular formula is C27H28F4N4O6S. The predicted octanol–water partition coefficient (Wildman–Crippen LogP) is 2.38. The molecule has 2 unspecified atom stereocenters. The quantitative estimate of drug-likeness (QED) is 0.531. The Labute approximate surface area is 239 Å². The molecule has 10 nitrogen and oxygen atoms in total. The lowest BCUT2D eigenvalue weighted by Crippen LogP contribution is -2.69. The number of aryl methyl sites for hydroxylation is 1. The van der Waals surface area contributed by atoms with Crippen molar-refractivity contribution < 1.29 is 45.1 Å². The number of sulfone groups is 1. The molecule has 0 saturated carbocycles. The van der Waals surface area contributed by atoms with Crippen molar-refractivity contribution in [2.75, 3.05) is 56.2 Å². The van der Waals surface area contributed by atoms with E-state index in [1.54, 1.807) is 0 Å². The zero-order chi connectivity index (χ0) is 30.4. The van der Waals surface area contributed by atoms with E-state index in [1.807, 2.05) is 0 Å². The average Bonchev–Trinajstić information content (AvgIpc) is 2.93. The van der Waals surface area contributed by atoms with Gasteiger partial charge in [0, 0.05) is 37.4 Å². The van der Waals surface area contributed by atoms with Crippen LogP contribution in [0.3, 0.4) is 0 Å². The lowest BCUT2D eigenvalue weighted by Gasteiger charge is -2.51. The van der Waals surface area contributed by atoms with E-state index in [4.69, 9.17) is 4.74 Å². The van der Waals surface area contributed by atoms with E-state index in [2.05, 4.69) is 5.32 Å². The van der Waals surface area contributed by atoms with Gasteiger partial charge in [-0.2, -0.15) is 8.78 Å². The summed E-state index contributed by atoms with van der Waals surface area (Å²) in [5.41, 5.74) is -1.20. The van der Waals surface area contributed by atoms with Crippen LogP contribution in [0.4, 0.5) is 28.0 Å². The van der Waals surface area contributed by atoms with Gasteiger partial charge in [0.05, 0.1) is 42.4 Å². The number of amides is 4. The summed E-state index contributed by atoms with van der Waals surface area (Å²) in [5.74, 6) is -9.17. The van der Waals surface area contributed by atoms with Crippen molar-refractivity contribution in [3.63, 3.8) is 0 Å². The van der Waals surface area contributed by atoms with Gasteiger partial charge in [-0.25, -0.2) is 22.0 Å². The third-order valence-corrected chi connectivity index (χ3v) is 9.25. The number of alkyl halides is 2. The van der Waals surface area contributed by atoms with Gasteiger partial charge in [0.1, 0.15) is 11.6 Å². The minimum atomic E-state index is -4.37. The molecule has 42 heavy (non-hydrogen) atoms. The van der Waals surface area contributed by atoms with Gasteiger partial charge < -0.3 is 24.8 Å². The number of anilines is 1. The molecule has 2 atom stereocenters. The first-order chi connectivity index (χ1) is 19.8. The Balaban J connectivity index is 1.33. The first-order valence-electron chi connectivity index (χ1n) is 13.2. The Morgan fingerprint density at radius 3 is 2.17 bits per heavy atom. The molecule has 0 spiro atoms. The number of halogens is 4. The molecular weight excluding hydrogens is 584 g/mol. The summed E-state index contributed by atoms with van der Waals surface area (Å²) in [6, 6.07) is 3.64. The molecule has 3 aliphatic heterocycles. The second kappa shape index (κ2) is 11.2. The van der Waals surface area contributed by atoms with Gasteiger partial charge >= 0.3 is 12.0 Å². The van der Waals surface area contributed by atoms with Crippen LogP contribution in [0.1, 0.15) is 21.5 Å². The van der Waals surface area contributed by atoms with Crippen LogP contribution in [0.2, 0.25) is 0 Å². The monoisotopic (exact) mass is 612 g/mol. The normalized spacial score (nSPS) is 22.1. The maximum Gasteiger partial charge on any atom is 0.352 e. The van der Waals surface area contributed by atoms with Crippen molar-refractivity contribution in [2.45, 2.75) is 24.9 Å². The van der Waals surface area contributed by atoms with E-state index in [-0.39, 0.29) is 67.7 Å². The van der Waals surface area contributed by atoms with E-state index in [9.17, 15) is 31.6 Å². The number of hydrogen-bond acceptors (Lipinski definition) is 6. The van der Waals surface area contributed by atoms with E-state index in [0.717, 1.165) is 17.0 Å². The number of nitrogens with zero attached hydrogens (tertiary/aromatic N) is 3. The molecule has 2 bridgehead atoms. The molecule has 0 radical (unpaired) electrons. The fraction of sp³-hybridized carbons (Fsp3) is 0.444. The van der Waals surface area contributed by atoms with Crippen molar-refractivity contribution in [1.82, 2.24) is 14.7 Å². The van der Waals surface area contributed by atoms with Crippen LogP contribution in [0, 0.1) is 18.6 Å². The number of ether oxygens (including phenoxy) is 1. The Morgan fingerprint density at radius 1 is 0.929 bits per heavy atom. The van der Waals surface area contributed by atoms with E-state index < -0.39 is 62.9 Å². The molecule has 4 amide bonds. The number of urea groups is 1. The summed E-state index contributed by atoms with van der Waals surface area (Å²) >= 11 is 0. The van der Waals surface area contributed by atoms with Gasteiger partial charge in [-0.3, -0.25) is 9.59 Å². The summed E-state index contributed by atoms with van der Waals surface area (Å²) < 4.78 is 88.6. The summed E-state index contributed by atoms with van der Waals surface area (Å²) in [6.45, 7) is 0.938. The molecule has 1 N–H and O–H groups in total. The minimum Gasteiger partial charge on any atom is -0.377 e. The minimum absolute atomic E-state index is 0.00811. The van der Waals surface area contributed by atoms with Crippen molar-refractivity contribution in [3.05, 3.63) is 64.7 Å². The second-order valence-corrected chi connectivity index (χ2v) is 12.9. The molecule has 5 rings (SSSR count). The molecule has 2 aromatic rings. The number of morpholine rings is 1. The molecule has 3 fully saturated rings. The summed E-state index contributed by atoms with van der Waals surface area (Å²) in [5, 5.41) is 2.44. The molecule has 3 aliphatic rings. The number of fused-ring (bicyclic) bond motifs is 2. The first kappa shape index (κ1) is 29.8. The maximum absolute atomic E-state index is 15.7. The van der Waals surface area contributed by atoms with Crippen LogP contribution >= 0.6 is 0 Å². The summed E-state index contributed by atoms with van der Waals surface area (Å²) in [7, 11) is -3.23. The van der Waals surface area contributed by atoms with Crippen LogP contribution in [0.15, 0.2) is 36.4 Å². The van der Waals surface area contributed by atoms with Crippen LogP contribution in [0.5, 0.6) is 0 Å². The second-order valence-electron chi connectivity index (χ2n) is 10.6. The molecule has 3 saturated heterocycles. The molecule has 0 aromatic heterocycles. The van der Waals surface area contributed by atoms with Crippen LogP contribution in [-0.4, -0.2) is 104 Å². The Morgan fingerprint density at radius 2 is 1.55 bits per heavy atom. The van der Waals surface area contributed by atoms with Crippen LogP contribution in [0.25, 0.3) is 0 Å². The molecule has 15 heteroatoms. The highest BCUT2D eigenvalue weighted by atomic mass is 32.2. The smallest absolute Gasteiger partial charge is 0.352 e. The van der Waals surface area contributed by atoms with Crippen LogP contribution in [-0.2, 0) is 25.3 Å². The summed E-state index contributed by atoms with van der Waals surface area (Å²) in [6.07, 6.45) is 0. The third kappa shape index (κ3) is 5.79. The molecule has 226 valence electrons. The highest BCUT2D eigenvalue weighted by Gasteiger charge is 2.53. The summed E-state index contributed by atoms with van der Waals surface area (Å²) in [4.78, 5) is 42.8. The average molecular weight is 613 g/mol. The fourth-order valence-electron chi connectivity index (χ4n) is 5.37. The van der Waals surface area contributed by atoms with Crippen molar-refractivity contribution in [2.24, 2.45) is 0 Å². The fourth-order valence-corrected chi connectivity index (χ4v) is 6.57.